The maximum atomic E-state index is 13.7. The van der Waals surface area contributed by atoms with Gasteiger partial charge >= 0.3 is 0 Å². The lowest BCUT2D eigenvalue weighted by molar-refractivity contribution is 0.0988. The molecule has 0 bridgehead atoms. The Balaban J connectivity index is 2.30. The fraction of sp³-hybridized carbons (Fsp3) is 0.133. The lowest BCUT2D eigenvalue weighted by Crippen LogP contribution is -2.07. The fourth-order valence-electron chi connectivity index (χ4n) is 1.87. The van der Waals surface area contributed by atoms with Gasteiger partial charge in [-0.05, 0) is 36.4 Å². The number of rotatable bonds is 4. The monoisotopic (exact) mass is 312 g/mol. The van der Waals surface area contributed by atoms with Crippen LogP contribution in [0, 0.1) is 5.82 Å². The predicted molar refractivity (Wildman–Crippen MR) is 77.4 cm³/mol. The Morgan fingerprint density at radius 1 is 1.15 bits per heavy atom. The summed E-state index contributed by atoms with van der Waals surface area (Å²) >= 11 is 11.6. The van der Waals surface area contributed by atoms with Crippen LogP contribution in [0.4, 0.5) is 4.39 Å². The number of hydrogen-bond donors (Lipinski definition) is 0. The molecule has 0 aliphatic heterocycles. The van der Waals surface area contributed by atoms with Crippen LogP contribution in [0.1, 0.15) is 15.9 Å². The van der Waals surface area contributed by atoms with E-state index in [1.165, 1.54) is 19.2 Å². The molecule has 0 fully saturated rings. The molecule has 104 valence electrons. The Kier molecular flexibility index (Phi) is 4.63. The summed E-state index contributed by atoms with van der Waals surface area (Å²) in [6.07, 6.45) is 0.00227. The lowest BCUT2D eigenvalue weighted by Gasteiger charge is -2.09. The number of benzene rings is 2. The van der Waals surface area contributed by atoms with Gasteiger partial charge in [-0.25, -0.2) is 4.39 Å². The highest BCUT2D eigenvalue weighted by Crippen LogP contribution is 2.25. The van der Waals surface area contributed by atoms with Crippen molar-refractivity contribution in [3.05, 3.63) is 63.4 Å². The van der Waals surface area contributed by atoms with Crippen molar-refractivity contribution in [3.63, 3.8) is 0 Å². The van der Waals surface area contributed by atoms with Gasteiger partial charge in [-0.3, -0.25) is 4.79 Å². The summed E-state index contributed by atoms with van der Waals surface area (Å²) in [4.78, 5) is 12.1. The van der Waals surface area contributed by atoms with Gasteiger partial charge in [0.2, 0.25) is 0 Å². The van der Waals surface area contributed by atoms with Crippen LogP contribution in [-0.2, 0) is 6.42 Å². The molecule has 0 spiro atoms. The van der Waals surface area contributed by atoms with Crippen molar-refractivity contribution in [1.82, 2.24) is 0 Å². The molecule has 0 atom stereocenters. The van der Waals surface area contributed by atoms with Crippen LogP contribution >= 0.6 is 23.2 Å². The molecule has 2 aromatic carbocycles. The van der Waals surface area contributed by atoms with Crippen LogP contribution in [0.5, 0.6) is 5.75 Å². The van der Waals surface area contributed by atoms with Crippen molar-refractivity contribution in [2.24, 2.45) is 0 Å². The third-order valence-electron chi connectivity index (χ3n) is 2.82. The molecule has 2 rings (SSSR count). The van der Waals surface area contributed by atoms with Gasteiger partial charge in [-0.15, -0.1) is 0 Å². The van der Waals surface area contributed by atoms with Gasteiger partial charge in [0.25, 0.3) is 0 Å². The zero-order valence-electron chi connectivity index (χ0n) is 10.6. The standard InChI is InChI=1S/C15H11Cl2FO2/c1-20-15-5-3-10(16)6-9(15)7-14(19)12-4-2-11(17)8-13(12)18/h2-6,8H,7H2,1H3. The molecule has 0 unspecified atom stereocenters. The van der Waals surface area contributed by atoms with Crippen LogP contribution < -0.4 is 4.74 Å². The molecule has 0 aromatic heterocycles. The van der Waals surface area contributed by atoms with Crippen molar-refractivity contribution in [2.45, 2.75) is 6.42 Å². The summed E-state index contributed by atoms with van der Waals surface area (Å²) in [5.41, 5.74) is 0.607. The SMILES string of the molecule is COc1ccc(Cl)cc1CC(=O)c1ccc(Cl)cc1F. The fourth-order valence-corrected chi connectivity index (χ4v) is 2.22. The normalized spacial score (nSPS) is 10.4. The first kappa shape index (κ1) is 14.8. The average Bonchev–Trinajstić information content (AvgIpc) is 2.38. The Morgan fingerprint density at radius 2 is 1.80 bits per heavy atom. The highest BCUT2D eigenvalue weighted by Gasteiger charge is 2.15. The van der Waals surface area contributed by atoms with Gasteiger partial charge < -0.3 is 4.74 Å². The Hall–Kier alpha value is -1.58. The van der Waals surface area contributed by atoms with Crippen molar-refractivity contribution in [2.75, 3.05) is 7.11 Å². The minimum absolute atomic E-state index is 0.00227. The van der Waals surface area contributed by atoms with Gasteiger partial charge in [0.1, 0.15) is 11.6 Å². The molecule has 5 heteroatoms. The maximum Gasteiger partial charge on any atom is 0.170 e. The smallest absolute Gasteiger partial charge is 0.170 e. The topological polar surface area (TPSA) is 26.3 Å². The summed E-state index contributed by atoms with van der Waals surface area (Å²) in [6.45, 7) is 0. The molecule has 0 radical (unpaired) electrons. The maximum absolute atomic E-state index is 13.7. The zero-order valence-corrected chi connectivity index (χ0v) is 12.1. The third-order valence-corrected chi connectivity index (χ3v) is 3.30. The summed E-state index contributed by atoms with van der Waals surface area (Å²) in [6, 6.07) is 8.93. The van der Waals surface area contributed by atoms with E-state index in [0.29, 0.717) is 16.3 Å². The zero-order chi connectivity index (χ0) is 14.7. The number of halogens is 3. The number of carbonyl (C=O) groups excluding carboxylic acids is 1. The third kappa shape index (κ3) is 3.30. The van der Waals surface area contributed by atoms with Crippen molar-refractivity contribution < 1.29 is 13.9 Å². The van der Waals surface area contributed by atoms with Crippen LogP contribution in [0.15, 0.2) is 36.4 Å². The summed E-state index contributed by atoms with van der Waals surface area (Å²) in [7, 11) is 1.50. The minimum Gasteiger partial charge on any atom is -0.496 e. The highest BCUT2D eigenvalue weighted by molar-refractivity contribution is 6.31. The first-order chi connectivity index (χ1) is 9.51. The molecule has 0 aliphatic carbocycles. The van der Waals surface area contributed by atoms with E-state index in [1.54, 1.807) is 18.2 Å². The van der Waals surface area contributed by atoms with E-state index in [9.17, 15) is 9.18 Å². The summed E-state index contributed by atoms with van der Waals surface area (Å²) in [5.74, 6) is -0.458. The quantitative estimate of drug-likeness (QED) is 0.773. The number of methoxy groups -OCH3 is 1. The largest absolute Gasteiger partial charge is 0.496 e. The van der Waals surface area contributed by atoms with Gasteiger partial charge in [0.05, 0.1) is 12.7 Å². The lowest BCUT2D eigenvalue weighted by atomic mass is 10.0. The molecule has 0 heterocycles. The minimum atomic E-state index is -0.636. The van der Waals surface area contributed by atoms with Gasteiger partial charge in [-0.1, -0.05) is 23.2 Å². The van der Waals surface area contributed by atoms with Crippen molar-refractivity contribution >= 4 is 29.0 Å². The molecule has 0 saturated carbocycles. The number of Topliss-reactive ketones (excluding diaryl/α,β-unsaturated/α-hetero) is 1. The van der Waals surface area contributed by atoms with Crippen LogP contribution in [0.3, 0.4) is 0 Å². The van der Waals surface area contributed by atoms with E-state index in [-0.39, 0.29) is 22.8 Å². The van der Waals surface area contributed by atoms with Gasteiger partial charge in [-0.2, -0.15) is 0 Å². The van der Waals surface area contributed by atoms with E-state index in [2.05, 4.69) is 0 Å². The van der Waals surface area contributed by atoms with Crippen molar-refractivity contribution in [3.8, 4) is 5.75 Å². The summed E-state index contributed by atoms with van der Waals surface area (Å²) < 4.78 is 18.9. The highest BCUT2D eigenvalue weighted by atomic mass is 35.5. The second kappa shape index (κ2) is 6.25. The van der Waals surface area contributed by atoms with Crippen LogP contribution in [0.25, 0.3) is 0 Å². The van der Waals surface area contributed by atoms with E-state index >= 15 is 0 Å². The predicted octanol–water partition coefficient (Wildman–Crippen LogP) is 4.57. The Morgan fingerprint density at radius 3 is 2.45 bits per heavy atom. The van der Waals surface area contributed by atoms with Gasteiger partial charge in [0, 0.05) is 22.0 Å². The molecule has 20 heavy (non-hydrogen) atoms. The van der Waals surface area contributed by atoms with Crippen molar-refractivity contribution in [1.29, 1.82) is 0 Å². The van der Waals surface area contributed by atoms with Crippen LogP contribution in [-0.4, -0.2) is 12.9 Å². The number of carbonyl (C=O) groups is 1. The van der Waals surface area contributed by atoms with Gasteiger partial charge in [0.15, 0.2) is 5.78 Å². The number of ketones is 1. The summed E-state index contributed by atoms with van der Waals surface area (Å²) in [5, 5.41) is 0.740. The molecule has 0 amide bonds. The average molecular weight is 313 g/mol. The second-order valence-electron chi connectivity index (χ2n) is 4.18. The Labute approximate surface area is 126 Å². The molecule has 2 nitrogen and oxygen atoms in total. The second-order valence-corrected chi connectivity index (χ2v) is 5.05. The van der Waals surface area contributed by atoms with Crippen LogP contribution in [0.2, 0.25) is 10.0 Å². The number of hydrogen-bond acceptors (Lipinski definition) is 2. The Bertz CT molecular complexity index is 656. The molecular formula is C15H11Cl2FO2. The first-order valence-electron chi connectivity index (χ1n) is 5.82. The number of ether oxygens (including phenoxy) is 1. The van der Waals surface area contributed by atoms with E-state index in [0.717, 1.165) is 6.07 Å². The van der Waals surface area contributed by atoms with E-state index in [4.69, 9.17) is 27.9 Å². The van der Waals surface area contributed by atoms with E-state index in [1.807, 2.05) is 0 Å². The molecule has 0 saturated heterocycles. The van der Waals surface area contributed by atoms with E-state index < -0.39 is 5.82 Å². The molecule has 2 aromatic rings. The first-order valence-corrected chi connectivity index (χ1v) is 6.57. The molecular weight excluding hydrogens is 302 g/mol. The molecule has 0 N–H and O–H groups in total. The molecule has 0 aliphatic rings.